The van der Waals surface area contributed by atoms with Crippen LogP contribution in [0.4, 0.5) is 4.39 Å². The van der Waals surface area contributed by atoms with Crippen LogP contribution in [0.5, 0.6) is 0 Å². The monoisotopic (exact) mass is 420 g/mol. The lowest BCUT2D eigenvalue weighted by molar-refractivity contribution is -0.250. The number of halogens is 1. The lowest BCUT2D eigenvalue weighted by atomic mass is 9.44. The maximum atomic E-state index is 17.2. The van der Waals surface area contributed by atoms with Crippen molar-refractivity contribution in [2.24, 2.45) is 22.7 Å². The Kier molecular flexibility index (Phi) is 4.03. The number of carbonyl (C=O) groups excluding carboxylic acids is 2. The second-order valence-electron chi connectivity index (χ2n) is 11.3. The van der Waals surface area contributed by atoms with Gasteiger partial charge in [0.05, 0.1) is 12.2 Å². The van der Waals surface area contributed by atoms with E-state index in [0.717, 1.165) is 5.57 Å². The number of ether oxygens (including phenoxy) is 2. The van der Waals surface area contributed by atoms with Gasteiger partial charge in [0, 0.05) is 23.2 Å². The van der Waals surface area contributed by atoms with E-state index in [9.17, 15) is 14.7 Å². The average Bonchev–Trinajstić information content (AvgIpc) is 3.04. The summed E-state index contributed by atoms with van der Waals surface area (Å²) in [5.41, 5.74) is -3.71. The summed E-state index contributed by atoms with van der Waals surface area (Å²) < 4.78 is 29.7. The van der Waals surface area contributed by atoms with E-state index in [1.807, 2.05) is 27.7 Å². The third kappa shape index (κ3) is 2.13. The van der Waals surface area contributed by atoms with Crippen molar-refractivity contribution in [1.82, 2.24) is 0 Å². The zero-order valence-electron chi connectivity index (χ0n) is 18.6. The van der Waals surface area contributed by atoms with Gasteiger partial charge in [-0.25, -0.2) is 4.39 Å². The number of hydrogen-bond donors (Lipinski definition) is 1. The first-order chi connectivity index (χ1) is 13.8. The van der Waals surface area contributed by atoms with E-state index in [4.69, 9.17) is 9.47 Å². The molecule has 1 aliphatic heterocycles. The molecule has 0 amide bonds. The van der Waals surface area contributed by atoms with E-state index < -0.39 is 46.0 Å². The van der Waals surface area contributed by atoms with Crippen LogP contribution in [0.2, 0.25) is 0 Å². The molecule has 1 saturated heterocycles. The van der Waals surface area contributed by atoms with Crippen molar-refractivity contribution in [2.45, 2.75) is 102 Å². The molecule has 5 nitrogen and oxygen atoms in total. The lowest BCUT2D eigenvalue weighted by Crippen LogP contribution is -2.70. The molecule has 0 bridgehead atoms. The number of aliphatic hydroxyl groups excluding tert-OH is 1. The zero-order valence-corrected chi connectivity index (χ0v) is 18.6. The molecule has 5 rings (SSSR count). The first kappa shape index (κ1) is 20.8. The van der Waals surface area contributed by atoms with Crippen LogP contribution in [-0.2, 0) is 19.1 Å². The van der Waals surface area contributed by atoms with Gasteiger partial charge in [-0.2, -0.15) is 0 Å². The van der Waals surface area contributed by atoms with Gasteiger partial charge in [-0.05, 0) is 64.9 Å². The molecule has 1 N–H and O–H groups in total. The topological polar surface area (TPSA) is 72.8 Å². The number of carbonyl (C=O) groups is 2. The van der Waals surface area contributed by atoms with Crippen LogP contribution >= 0.6 is 0 Å². The minimum absolute atomic E-state index is 0.0506. The van der Waals surface area contributed by atoms with Crippen LogP contribution in [-0.4, -0.2) is 45.9 Å². The fraction of sp³-hybridized carbons (Fsp3) is 0.833. The number of fused-ring (bicyclic) bond motifs is 7. The summed E-state index contributed by atoms with van der Waals surface area (Å²) in [7, 11) is 0. The number of hydrogen-bond acceptors (Lipinski definition) is 5. The van der Waals surface area contributed by atoms with E-state index in [2.05, 4.69) is 0 Å². The average molecular weight is 421 g/mol. The van der Waals surface area contributed by atoms with Gasteiger partial charge in [0.2, 0.25) is 0 Å². The zero-order chi connectivity index (χ0) is 21.9. The summed E-state index contributed by atoms with van der Waals surface area (Å²) in [4.78, 5) is 25.1. The third-order valence-electron chi connectivity index (χ3n) is 9.56. The molecule has 0 aromatic heterocycles. The molecule has 0 unspecified atom stereocenters. The normalized spacial score (nSPS) is 54.0. The Balaban J connectivity index is 1.63. The van der Waals surface area contributed by atoms with E-state index in [1.54, 1.807) is 6.08 Å². The fourth-order valence-corrected chi connectivity index (χ4v) is 8.31. The summed E-state index contributed by atoms with van der Waals surface area (Å²) in [6.45, 7) is 9.03. The highest BCUT2D eigenvalue weighted by molar-refractivity contribution is 5.92. The minimum Gasteiger partial charge on any atom is -0.390 e. The van der Waals surface area contributed by atoms with Crippen molar-refractivity contribution >= 4 is 11.6 Å². The number of ketones is 2. The van der Waals surface area contributed by atoms with Crippen LogP contribution in [0.15, 0.2) is 11.6 Å². The highest BCUT2D eigenvalue weighted by Gasteiger charge is 2.79. The molecule has 4 fully saturated rings. The van der Waals surface area contributed by atoms with Gasteiger partial charge >= 0.3 is 0 Å². The summed E-state index contributed by atoms with van der Waals surface area (Å²) in [6.07, 6.45) is 2.61. The van der Waals surface area contributed by atoms with Crippen LogP contribution in [0.25, 0.3) is 0 Å². The van der Waals surface area contributed by atoms with Crippen LogP contribution in [0.3, 0.4) is 0 Å². The maximum absolute atomic E-state index is 17.2. The molecule has 8 atom stereocenters. The quantitative estimate of drug-likeness (QED) is 0.701. The van der Waals surface area contributed by atoms with Gasteiger partial charge in [-0.3, -0.25) is 9.59 Å². The molecule has 1 heterocycles. The Hall–Kier alpha value is -1.11. The lowest BCUT2D eigenvalue weighted by Gasteiger charge is -2.63. The maximum Gasteiger partial charge on any atom is 0.164 e. The van der Waals surface area contributed by atoms with E-state index in [-0.39, 0.29) is 23.9 Å². The molecule has 166 valence electrons. The van der Waals surface area contributed by atoms with Crippen molar-refractivity contribution < 1.29 is 28.6 Å². The summed E-state index contributed by atoms with van der Waals surface area (Å²) in [5.74, 6) is -1.48. The predicted molar refractivity (Wildman–Crippen MR) is 107 cm³/mol. The highest BCUT2D eigenvalue weighted by Crippen LogP contribution is 2.72. The minimum atomic E-state index is -1.83. The number of rotatable bonds is 1. The van der Waals surface area contributed by atoms with Gasteiger partial charge in [-0.1, -0.05) is 19.4 Å². The Morgan fingerprint density at radius 1 is 1.20 bits per heavy atom. The molecule has 0 spiro atoms. The number of alkyl halides is 1. The molecule has 0 aromatic rings. The molecular weight excluding hydrogens is 387 g/mol. The van der Waals surface area contributed by atoms with Crippen molar-refractivity contribution in [3.05, 3.63) is 11.6 Å². The number of allylic oxidation sites excluding steroid dienone is 1. The summed E-state index contributed by atoms with van der Waals surface area (Å²) in [5, 5.41) is 11.4. The molecule has 5 aliphatic rings. The molecular formula is C24H33FO5. The Labute approximate surface area is 177 Å². The van der Waals surface area contributed by atoms with Crippen molar-refractivity contribution in [1.29, 1.82) is 0 Å². The SMILES string of the molecule is CC(=O)[C@@]12OC(C)(C)O[C@@H]1C[C@H]1[C@@H]3CCC4=CC(=O)CC[C@]4(C)[C@@]3(F)[C@@H](O)C[C@@]12C. The Morgan fingerprint density at radius 2 is 1.90 bits per heavy atom. The summed E-state index contributed by atoms with van der Waals surface area (Å²) >= 11 is 0. The van der Waals surface area contributed by atoms with E-state index in [0.29, 0.717) is 32.1 Å². The number of Topliss-reactive ketones (excluding diaryl/α,β-unsaturated/α-hetero) is 1. The van der Waals surface area contributed by atoms with E-state index in [1.165, 1.54) is 6.92 Å². The predicted octanol–water partition coefficient (Wildman–Crippen LogP) is 3.67. The van der Waals surface area contributed by atoms with Crippen LogP contribution < -0.4 is 0 Å². The first-order valence-corrected chi connectivity index (χ1v) is 11.3. The van der Waals surface area contributed by atoms with Gasteiger partial charge < -0.3 is 14.6 Å². The molecule has 3 saturated carbocycles. The second-order valence-corrected chi connectivity index (χ2v) is 11.3. The van der Waals surface area contributed by atoms with Gasteiger partial charge in [0.25, 0.3) is 0 Å². The smallest absolute Gasteiger partial charge is 0.164 e. The van der Waals surface area contributed by atoms with Crippen molar-refractivity contribution in [2.75, 3.05) is 0 Å². The first-order valence-electron chi connectivity index (χ1n) is 11.3. The van der Waals surface area contributed by atoms with Crippen LogP contribution in [0.1, 0.15) is 73.1 Å². The van der Waals surface area contributed by atoms with Crippen molar-refractivity contribution in [3.8, 4) is 0 Å². The molecule has 6 heteroatoms. The molecule has 4 aliphatic carbocycles. The second kappa shape index (κ2) is 5.81. The fourth-order valence-electron chi connectivity index (χ4n) is 8.31. The van der Waals surface area contributed by atoms with E-state index >= 15 is 4.39 Å². The third-order valence-corrected chi connectivity index (χ3v) is 9.56. The molecule has 30 heavy (non-hydrogen) atoms. The number of aliphatic hydroxyl groups is 1. The largest absolute Gasteiger partial charge is 0.390 e. The van der Waals surface area contributed by atoms with Crippen LogP contribution in [0, 0.1) is 22.7 Å². The summed E-state index contributed by atoms with van der Waals surface area (Å²) in [6, 6.07) is 0. The highest BCUT2D eigenvalue weighted by atomic mass is 19.1. The van der Waals surface area contributed by atoms with Gasteiger partial charge in [0.15, 0.2) is 23.0 Å². The van der Waals surface area contributed by atoms with Gasteiger partial charge in [0.1, 0.15) is 5.67 Å². The molecule has 0 radical (unpaired) electrons. The van der Waals surface area contributed by atoms with Gasteiger partial charge in [-0.15, -0.1) is 0 Å². The molecule has 0 aromatic carbocycles. The Morgan fingerprint density at radius 3 is 2.57 bits per heavy atom. The standard InChI is InChI=1S/C24H33FO5/c1-13(26)24-19(29-20(2,3)30-24)11-17-16-7-6-14-10-15(27)8-9-21(14,4)23(16,25)18(28)12-22(17,24)5/h10,16-19,28H,6-9,11-12H2,1-5H3/t16-,17-,18-,19+,21-,22-,23-,24+/m0/s1. The van der Waals surface area contributed by atoms with Crippen molar-refractivity contribution in [3.63, 3.8) is 0 Å². The Bertz CT molecular complexity index is 866.